The summed E-state index contributed by atoms with van der Waals surface area (Å²) in [5, 5.41) is 0.644. The van der Waals surface area contributed by atoms with Gasteiger partial charge in [0.2, 0.25) is 11.8 Å². The van der Waals surface area contributed by atoms with Crippen molar-refractivity contribution >= 4 is 23.4 Å². The van der Waals surface area contributed by atoms with E-state index in [1.807, 2.05) is 29.2 Å². The molecule has 0 aliphatic carbocycles. The minimum Gasteiger partial charge on any atom is -0.340 e. The van der Waals surface area contributed by atoms with Crippen LogP contribution in [0.2, 0.25) is 5.02 Å². The number of carbonyl (C=O) groups excluding carboxylic acids is 2. The number of hydrogen-bond acceptors (Lipinski definition) is 3. The zero-order valence-electron chi connectivity index (χ0n) is 14.5. The van der Waals surface area contributed by atoms with E-state index in [1.54, 1.807) is 4.90 Å². The van der Waals surface area contributed by atoms with Crippen LogP contribution in [0.3, 0.4) is 0 Å². The number of piperazine rings is 1. The molecule has 2 amide bonds. The normalized spacial score (nSPS) is 15.4. The molecule has 1 aromatic carbocycles. The van der Waals surface area contributed by atoms with Crippen molar-refractivity contribution < 1.29 is 9.59 Å². The molecule has 1 aliphatic heterocycles. The molecular formula is C18H26ClN3O2. The van der Waals surface area contributed by atoms with E-state index < -0.39 is 0 Å². The number of rotatable bonds is 6. The van der Waals surface area contributed by atoms with Crippen LogP contribution in [0.25, 0.3) is 0 Å². The molecule has 1 aliphatic rings. The average molecular weight is 352 g/mol. The lowest BCUT2D eigenvalue weighted by Crippen LogP contribution is -2.49. The molecule has 0 saturated carbocycles. The highest BCUT2D eigenvalue weighted by molar-refractivity contribution is 6.31. The van der Waals surface area contributed by atoms with Crippen molar-refractivity contribution in [2.75, 3.05) is 39.3 Å². The first-order valence-electron chi connectivity index (χ1n) is 8.50. The van der Waals surface area contributed by atoms with Gasteiger partial charge in [0.05, 0.1) is 0 Å². The SMILES string of the molecule is CCN1CCN(C(=O)CCN(Cc2ccccc2Cl)C(C)=O)CC1. The maximum Gasteiger partial charge on any atom is 0.224 e. The van der Waals surface area contributed by atoms with Gasteiger partial charge in [0.25, 0.3) is 0 Å². The third kappa shape index (κ3) is 5.21. The second kappa shape index (κ2) is 9.04. The van der Waals surface area contributed by atoms with E-state index in [2.05, 4.69) is 11.8 Å². The molecule has 0 atom stereocenters. The molecule has 0 unspecified atom stereocenters. The van der Waals surface area contributed by atoms with Crippen molar-refractivity contribution in [3.8, 4) is 0 Å². The molecule has 132 valence electrons. The number of hydrogen-bond donors (Lipinski definition) is 0. The molecule has 2 rings (SSSR count). The number of likely N-dealkylation sites (N-methyl/N-ethyl adjacent to an activating group) is 1. The van der Waals surface area contributed by atoms with Gasteiger partial charge in [-0.3, -0.25) is 9.59 Å². The van der Waals surface area contributed by atoms with Crippen LogP contribution < -0.4 is 0 Å². The molecule has 1 saturated heterocycles. The Morgan fingerprint density at radius 1 is 1.17 bits per heavy atom. The molecule has 5 nitrogen and oxygen atoms in total. The molecule has 0 aromatic heterocycles. The van der Waals surface area contributed by atoms with Gasteiger partial charge in [-0.25, -0.2) is 0 Å². The predicted octanol–water partition coefficient (Wildman–Crippen LogP) is 2.24. The fourth-order valence-corrected chi connectivity index (χ4v) is 3.08. The second-order valence-corrected chi connectivity index (χ2v) is 6.50. The van der Waals surface area contributed by atoms with Gasteiger partial charge >= 0.3 is 0 Å². The zero-order chi connectivity index (χ0) is 17.5. The lowest BCUT2D eigenvalue weighted by Gasteiger charge is -2.34. The van der Waals surface area contributed by atoms with E-state index in [0.29, 0.717) is 24.5 Å². The van der Waals surface area contributed by atoms with Crippen LogP contribution in [0, 0.1) is 0 Å². The highest BCUT2D eigenvalue weighted by Crippen LogP contribution is 2.17. The Balaban J connectivity index is 1.86. The fraction of sp³-hybridized carbons (Fsp3) is 0.556. The molecular weight excluding hydrogens is 326 g/mol. The average Bonchev–Trinajstić information content (AvgIpc) is 2.59. The summed E-state index contributed by atoms with van der Waals surface area (Å²) in [5.41, 5.74) is 0.901. The van der Waals surface area contributed by atoms with Gasteiger partial charge in [0.1, 0.15) is 0 Å². The van der Waals surface area contributed by atoms with Crippen LogP contribution in [-0.4, -0.2) is 65.8 Å². The number of amides is 2. The first-order chi connectivity index (χ1) is 11.5. The molecule has 1 aromatic rings. The standard InChI is InChI=1S/C18H26ClN3O2/c1-3-20-10-12-21(13-11-20)18(24)8-9-22(15(2)23)14-16-6-4-5-7-17(16)19/h4-7H,3,8-14H2,1-2H3. The largest absolute Gasteiger partial charge is 0.340 e. The van der Waals surface area contributed by atoms with Crippen molar-refractivity contribution in [3.63, 3.8) is 0 Å². The molecule has 0 spiro atoms. The highest BCUT2D eigenvalue weighted by Gasteiger charge is 2.21. The van der Waals surface area contributed by atoms with E-state index in [9.17, 15) is 9.59 Å². The van der Waals surface area contributed by atoms with Gasteiger partial charge in [0, 0.05) is 57.6 Å². The van der Waals surface area contributed by atoms with Crippen LogP contribution >= 0.6 is 11.6 Å². The first-order valence-corrected chi connectivity index (χ1v) is 8.88. The maximum absolute atomic E-state index is 12.4. The quantitative estimate of drug-likeness (QED) is 0.789. The zero-order valence-corrected chi connectivity index (χ0v) is 15.3. The second-order valence-electron chi connectivity index (χ2n) is 6.10. The van der Waals surface area contributed by atoms with Crippen LogP contribution in [0.5, 0.6) is 0 Å². The summed E-state index contributed by atoms with van der Waals surface area (Å²) >= 11 is 6.17. The summed E-state index contributed by atoms with van der Waals surface area (Å²) in [6.07, 6.45) is 0.357. The van der Waals surface area contributed by atoms with Gasteiger partial charge in [-0.1, -0.05) is 36.7 Å². The smallest absolute Gasteiger partial charge is 0.224 e. The minimum absolute atomic E-state index is 0.0430. The van der Waals surface area contributed by atoms with Gasteiger partial charge < -0.3 is 14.7 Å². The van der Waals surface area contributed by atoms with E-state index >= 15 is 0 Å². The minimum atomic E-state index is -0.0430. The Labute approximate surface area is 149 Å². The summed E-state index contributed by atoms with van der Waals surface area (Å²) < 4.78 is 0. The highest BCUT2D eigenvalue weighted by atomic mass is 35.5. The lowest BCUT2D eigenvalue weighted by atomic mass is 10.2. The summed E-state index contributed by atoms with van der Waals surface area (Å²) in [7, 11) is 0. The Bertz CT molecular complexity index is 571. The molecule has 0 N–H and O–H groups in total. The van der Waals surface area contributed by atoms with Crippen molar-refractivity contribution in [2.24, 2.45) is 0 Å². The third-order valence-corrected chi connectivity index (χ3v) is 4.90. The van der Waals surface area contributed by atoms with E-state index in [4.69, 9.17) is 11.6 Å². The van der Waals surface area contributed by atoms with Gasteiger partial charge in [0.15, 0.2) is 0 Å². The Morgan fingerprint density at radius 3 is 2.42 bits per heavy atom. The van der Waals surface area contributed by atoms with Crippen LogP contribution in [-0.2, 0) is 16.1 Å². The number of halogens is 1. The predicted molar refractivity (Wildman–Crippen MR) is 95.9 cm³/mol. The van der Waals surface area contributed by atoms with Crippen LogP contribution in [0.15, 0.2) is 24.3 Å². The number of carbonyl (C=O) groups is 2. The molecule has 0 radical (unpaired) electrons. The van der Waals surface area contributed by atoms with Crippen molar-refractivity contribution in [1.82, 2.24) is 14.7 Å². The van der Waals surface area contributed by atoms with Crippen molar-refractivity contribution in [3.05, 3.63) is 34.9 Å². The Kier molecular flexibility index (Phi) is 7.06. The van der Waals surface area contributed by atoms with E-state index in [0.717, 1.165) is 38.3 Å². The summed E-state index contributed by atoms with van der Waals surface area (Å²) in [4.78, 5) is 30.2. The molecule has 1 fully saturated rings. The third-order valence-electron chi connectivity index (χ3n) is 4.53. The first kappa shape index (κ1) is 18.7. The van der Waals surface area contributed by atoms with Gasteiger partial charge in [-0.15, -0.1) is 0 Å². The van der Waals surface area contributed by atoms with Crippen molar-refractivity contribution in [1.29, 1.82) is 0 Å². The monoisotopic (exact) mass is 351 g/mol. The van der Waals surface area contributed by atoms with Crippen LogP contribution in [0.4, 0.5) is 0 Å². The Morgan fingerprint density at radius 2 is 1.83 bits per heavy atom. The summed E-state index contributed by atoms with van der Waals surface area (Å²) in [5.74, 6) is 0.0784. The maximum atomic E-state index is 12.4. The summed E-state index contributed by atoms with van der Waals surface area (Å²) in [6.45, 7) is 8.96. The van der Waals surface area contributed by atoms with Crippen LogP contribution in [0.1, 0.15) is 25.8 Å². The number of benzene rings is 1. The van der Waals surface area contributed by atoms with Crippen molar-refractivity contribution in [2.45, 2.75) is 26.8 Å². The number of nitrogens with zero attached hydrogens (tertiary/aromatic N) is 3. The molecule has 0 bridgehead atoms. The topological polar surface area (TPSA) is 43.9 Å². The molecule has 1 heterocycles. The summed E-state index contributed by atoms with van der Waals surface area (Å²) in [6, 6.07) is 7.49. The molecule has 6 heteroatoms. The Hall–Kier alpha value is -1.59. The fourth-order valence-electron chi connectivity index (χ4n) is 2.88. The van der Waals surface area contributed by atoms with Gasteiger partial charge in [-0.2, -0.15) is 0 Å². The van der Waals surface area contributed by atoms with Gasteiger partial charge in [-0.05, 0) is 18.2 Å². The van der Waals surface area contributed by atoms with E-state index in [1.165, 1.54) is 6.92 Å². The van der Waals surface area contributed by atoms with E-state index in [-0.39, 0.29) is 11.8 Å². The lowest BCUT2D eigenvalue weighted by molar-refractivity contribution is -0.135. The molecule has 24 heavy (non-hydrogen) atoms.